The summed E-state index contributed by atoms with van der Waals surface area (Å²) in [5, 5.41) is 12.9. The van der Waals surface area contributed by atoms with Gasteiger partial charge in [0.1, 0.15) is 43.4 Å². The van der Waals surface area contributed by atoms with Crippen molar-refractivity contribution in [3.05, 3.63) is 89.0 Å². The molecule has 0 spiro atoms. The molecule has 2 fully saturated rings. The Morgan fingerprint density at radius 3 is 2.45 bits per heavy atom. The van der Waals surface area contributed by atoms with E-state index in [2.05, 4.69) is 5.32 Å². The number of benzene rings is 2. The highest BCUT2D eigenvalue weighted by molar-refractivity contribution is 5.98. The van der Waals surface area contributed by atoms with Crippen LogP contribution in [-0.4, -0.2) is 115 Å². The second kappa shape index (κ2) is 18.9. The fraction of sp³-hybridized carbons (Fsp3) is 0.488. The van der Waals surface area contributed by atoms with Gasteiger partial charge in [0.2, 0.25) is 17.9 Å². The van der Waals surface area contributed by atoms with Crippen LogP contribution in [0.5, 0.6) is 0 Å². The second-order valence-corrected chi connectivity index (χ2v) is 16.2. The molecule has 2 heterocycles. The van der Waals surface area contributed by atoms with Crippen LogP contribution in [0.25, 0.3) is 6.08 Å². The molecule has 312 valence electrons. The molecule has 3 aliphatic rings. The van der Waals surface area contributed by atoms with Crippen LogP contribution >= 0.6 is 0 Å². The zero-order chi connectivity index (χ0) is 42.2. The molecule has 2 aliphatic heterocycles. The molecule has 6 atom stereocenters. The van der Waals surface area contributed by atoms with Gasteiger partial charge in [-0.2, -0.15) is 0 Å². The number of hydrogen-bond acceptors (Lipinski definition) is 13. The highest BCUT2D eigenvalue weighted by Crippen LogP contribution is 2.33. The molecular weight excluding hydrogens is 752 g/mol. The minimum atomic E-state index is -1.04. The number of nitrogens with one attached hydrogen (secondary N) is 1. The van der Waals surface area contributed by atoms with Crippen molar-refractivity contribution in [1.29, 1.82) is 0 Å². The van der Waals surface area contributed by atoms with Gasteiger partial charge in [0.05, 0.1) is 18.2 Å². The number of rotatable bonds is 15. The summed E-state index contributed by atoms with van der Waals surface area (Å²) < 4.78 is 33.2. The molecule has 58 heavy (non-hydrogen) atoms. The number of cyclic esters (lactones) is 1. The number of nitrogens with zero attached hydrogens (tertiary/aromatic N) is 1. The van der Waals surface area contributed by atoms with Gasteiger partial charge in [-0.1, -0.05) is 56.3 Å². The third-order valence-electron chi connectivity index (χ3n) is 9.86. The van der Waals surface area contributed by atoms with E-state index in [0.29, 0.717) is 5.56 Å². The summed E-state index contributed by atoms with van der Waals surface area (Å²) in [7, 11) is 1.50. The SMILES string of the molecule is CN(C(=O)C1=CC2OCOC2C(OC(=O)c2cccc(C=CC(=O)OC3C(=O)OCC3(C)C)c2)C1)C(Cc1ccccc1)C(=O)NC(CO)CCC(=O)OC(C)(C)C. The lowest BCUT2D eigenvalue weighted by atomic mass is 9.90. The van der Waals surface area contributed by atoms with Gasteiger partial charge >= 0.3 is 23.9 Å². The molecule has 0 bridgehead atoms. The van der Waals surface area contributed by atoms with E-state index in [9.17, 15) is 33.9 Å². The maximum Gasteiger partial charge on any atom is 0.348 e. The Kier molecular flexibility index (Phi) is 14.3. The van der Waals surface area contributed by atoms with Crippen LogP contribution in [0.15, 0.2) is 72.3 Å². The van der Waals surface area contributed by atoms with Crippen molar-refractivity contribution < 1.29 is 62.3 Å². The number of esters is 4. The molecule has 2 amide bonds. The second-order valence-electron chi connectivity index (χ2n) is 16.2. The van der Waals surface area contributed by atoms with Crippen molar-refractivity contribution >= 4 is 41.8 Å². The lowest BCUT2D eigenvalue weighted by Gasteiger charge is -2.34. The van der Waals surface area contributed by atoms with Crippen molar-refractivity contribution in [3.8, 4) is 0 Å². The van der Waals surface area contributed by atoms with E-state index in [1.165, 1.54) is 30.2 Å². The standard InChI is InChI=1S/C43H52N2O13/c1-42(2,3)58-35(48)18-16-30(23-46)44-38(49)31(20-26-11-8-7-9-12-26)45(6)39(50)29-21-32-36(55-25-54-32)33(22-29)56-40(51)28-14-10-13-27(19-28)15-17-34(47)57-37-41(52)53-24-43(37,4)5/h7-15,17,19,21,30-33,36-37,46H,16,18,20,22-25H2,1-6H3,(H,44,49). The van der Waals surface area contributed by atoms with Gasteiger partial charge in [-0.3, -0.25) is 14.4 Å². The topological polar surface area (TPSA) is 193 Å². The number of fused-ring (bicyclic) bond motifs is 1. The molecular formula is C43H52N2O13. The lowest BCUT2D eigenvalue weighted by molar-refractivity contribution is -0.159. The van der Waals surface area contributed by atoms with Crippen LogP contribution in [0.3, 0.4) is 0 Å². The Morgan fingerprint density at radius 1 is 1.03 bits per heavy atom. The van der Waals surface area contributed by atoms with E-state index < -0.39 is 89.8 Å². The molecule has 2 aromatic rings. The van der Waals surface area contributed by atoms with Gasteiger partial charge in [0.15, 0.2) is 0 Å². The zero-order valence-electron chi connectivity index (χ0n) is 33.6. The van der Waals surface area contributed by atoms with E-state index in [-0.39, 0.29) is 50.2 Å². The fourth-order valence-corrected chi connectivity index (χ4v) is 6.75. The number of likely N-dealkylation sites (N-methyl/N-ethyl adjacent to an activating group) is 1. The van der Waals surface area contributed by atoms with Crippen LogP contribution in [0, 0.1) is 5.41 Å². The third-order valence-corrected chi connectivity index (χ3v) is 9.86. The summed E-state index contributed by atoms with van der Waals surface area (Å²) in [4.78, 5) is 79.8. The summed E-state index contributed by atoms with van der Waals surface area (Å²) in [5.41, 5.74) is 0.316. The number of aliphatic hydroxyl groups is 1. The van der Waals surface area contributed by atoms with Crippen LogP contribution in [-0.2, 0) is 58.8 Å². The average molecular weight is 805 g/mol. The van der Waals surface area contributed by atoms with E-state index in [4.69, 9.17) is 28.4 Å². The molecule has 2 saturated heterocycles. The molecule has 2 N–H and O–H groups in total. The zero-order valence-corrected chi connectivity index (χ0v) is 33.6. The molecule has 0 aromatic heterocycles. The molecule has 15 nitrogen and oxygen atoms in total. The first kappa shape index (κ1) is 43.7. The van der Waals surface area contributed by atoms with Crippen molar-refractivity contribution in [2.75, 3.05) is 27.1 Å². The Morgan fingerprint density at radius 2 is 1.78 bits per heavy atom. The van der Waals surface area contributed by atoms with Gasteiger partial charge in [-0.25, -0.2) is 14.4 Å². The predicted molar refractivity (Wildman–Crippen MR) is 207 cm³/mol. The smallest absolute Gasteiger partial charge is 0.348 e. The average Bonchev–Trinajstić information content (AvgIpc) is 3.77. The van der Waals surface area contributed by atoms with Gasteiger partial charge in [-0.15, -0.1) is 0 Å². The van der Waals surface area contributed by atoms with Crippen molar-refractivity contribution in [1.82, 2.24) is 10.2 Å². The van der Waals surface area contributed by atoms with Crippen LogP contribution in [0.2, 0.25) is 0 Å². The van der Waals surface area contributed by atoms with Crippen molar-refractivity contribution in [2.45, 2.75) is 102 Å². The monoisotopic (exact) mass is 804 g/mol. The molecule has 2 aromatic carbocycles. The molecule has 5 rings (SSSR count). The first-order valence-corrected chi connectivity index (χ1v) is 19.2. The van der Waals surface area contributed by atoms with Crippen molar-refractivity contribution in [2.24, 2.45) is 5.41 Å². The van der Waals surface area contributed by atoms with Crippen LogP contribution in [0.1, 0.15) is 75.4 Å². The summed E-state index contributed by atoms with van der Waals surface area (Å²) in [5.74, 6) is -3.58. The molecule has 0 radical (unpaired) electrons. The normalized spacial score (nSPS) is 22.2. The summed E-state index contributed by atoms with van der Waals surface area (Å²) in [6, 6.07) is 13.7. The van der Waals surface area contributed by atoms with E-state index in [1.807, 2.05) is 30.3 Å². The number of carbonyl (C=O) groups excluding carboxylic acids is 6. The fourth-order valence-electron chi connectivity index (χ4n) is 6.75. The first-order chi connectivity index (χ1) is 27.4. The predicted octanol–water partition coefficient (Wildman–Crippen LogP) is 3.46. The first-order valence-electron chi connectivity index (χ1n) is 19.2. The molecule has 6 unspecified atom stereocenters. The van der Waals surface area contributed by atoms with E-state index >= 15 is 0 Å². The minimum Gasteiger partial charge on any atom is -0.462 e. The van der Waals surface area contributed by atoms with Crippen LogP contribution < -0.4 is 5.32 Å². The van der Waals surface area contributed by atoms with Gasteiger partial charge in [-0.05, 0) is 62.6 Å². The number of aliphatic hydroxyl groups excluding tert-OH is 1. The molecule has 1 aliphatic carbocycles. The Bertz CT molecular complexity index is 1900. The van der Waals surface area contributed by atoms with Gasteiger partial charge in [0.25, 0.3) is 0 Å². The lowest BCUT2D eigenvalue weighted by Crippen LogP contribution is -2.53. The Balaban J connectivity index is 1.27. The van der Waals surface area contributed by atoms with Crippen molar-refractivity contribution in [3.63, 3.8) is 0 Å². The summed E-state index contributed by atoms with van der Waals surface area (Å²) >= 11 is 0. The number of hydrogen-bond donors (Lipinski definition) is 2. The Hall–Kier alpha value is -5.38. The highest BCUT2D eigenvalue weighted by Gasteiger charge is 2.47. The van der Waals surface area contributed by atoms with E-state index in [0.717, 1.165) is 11.6 Å². The van der Waals surface area contributed by atoms with E-state index in [1.54, 1.807) is 52.8 Å². The highest BCUT2D eigenvalue weighted by atomic mass is 16.7. The van der Waals surface area contributed by atoms with Gasteiger partial charge < -0.3 is 43.7 Å². The maximum absolute atomic E-state index is 14.2. The van der Waals surface area contributed by atoms with Crippen LogP contribution in [0.4, 0.5) is 0 Å². The minimum absolute atomic E-state index is 0.0352. The number of carbonyl (C=O) groups is 6. The summed E-state index contributed by atoms with van der Waals surface area (Å²) in [6.07, 6.45) is 1.01. The van der Waals surface area contributed by atoms with Gasteiger partial charge in [0, 0.05) is 43.4 Å². The molecule has 15 heteroatoms. The largest absolute Gasteiger partial charge is 0.462 e. The maximum atomic E-state index is 14.2. The Labute approximate surface area is 337 Å². The number of amides is 2. The number of ether oxygens (including phenoxy) is 6. The summed E-state index contributed by atoms with van der Waals surface area (Å²) in [6.45, 7) is 8.37. The molecule has 0 saturated carbocycles. The third kappa shape index (κ3) is 11.6. The quantitative estimate of drug-likeness (QED) is 0.151.